The van der Waals surface area contributed by atoms with Gasteiger partial charge in [-0.15, -0.1) is 0 Å². The molecule has 21 heavy (non-hydrogen) atoms. The Balaban J connectivity index is 2.84. The molecule has 1 aromatic rings. The van der Waals surface area contributed by atoms with Gasteiger partial charge in [0.05, 0.1) is 16.3 Å². The van der Waals surface area contributed by atoms with E-state index in [0.29, 0.717) is 0 Å². The molecule has 0 bridgehead atoms. The summed E-state index contributed by atoms with van der Waals surface area (Å²) in [6.45, 7) is 0.0354. The standard InChI is InChI=1S/C12H15ClN2O5S/c1-15(6-5-11(16)17)12(18)14-8-3-4-9(13)10(7-8)21(2,19)20/h3-4,7H,5-6H2,1-2H3,(H,14,18)(H,16,17). The second kappa shape index (κ2) is 6.77. The summed E-state index contributed by atoms with van der Waals surface area (Å²) in [7, 11) is -2.07. The normalized spacial score (nSPS) is 11.0. The number of carbonyl (C=O) groups is 2. The monoisotopic (exact) mass is 334 g/mol. The summed E-state index contributed by atoms with van der Waals surface area (Å²) in [4.78, 5) is 23.3. The lowest BCUT2D eigenvalue weighted by atomic mass is 10.3. The fourth-order valence-electron chi connectivity index (χ4n) is 1.45. The average molecular weight is 335 g/mol. The highest BCUT2D eigenvalue weighted by Gasteiger charge is 2.15. The molecule has 2 amide bonds. The number of sulfone groups is 1. The highest BCUT2D eigenvalue weighted by Crippen LogP contribution is 2.25. The lowest BCUT2D eigenvalue weighted by Gasteiger charge is -2.17. The van der Waals surface area contributed by atoms with Crippen molar-refractivity contribution in [2.45, 2.75) is 11.3 Å². The maximum atomic E-state index is 11.8. The Morgan fingerprint density at radius 3 is 2.52 bits per heavy atom. The maximum absolute atomic E-state index is 11.8. The van der Waals surface area contributed by atoms with Crippen LogP contribution in [0.1, 0.15) is 6.42 Å². The molecule has 9 heteroatoms. The Morgan fingerprint density at radius 1 is 1.38 bits per heavy atom. The minimum absolute atomic E-state index is 0.0354. The van der Waals surface area contributed by atoms with E-state index in [1.165, 1.54) is 30.1 Å². The van der Waals surface area contributed by atoms with Crippen molar-refractivity contribution in [2.24, 2.45) is 0 Å². The van der Waals surface area contributed by atoms with Crippen molar-refractivity contribution in [3.63, 3.8) is 0 Å². The van der Waals surface area contributed by atoms with Crippen LogP contribution in [0, 0.1) is 0 Å². The van der Waals surface area contributed by atoms with Crippen LogP contribution >= 0.6 is 11.6 Å². The van der Waals surface area contributed by atoms with E-state index < -0.39 is 21.8 Å². The first-order valence-corrected chi connectivity index (χ1v) is 8.11. The number of rotatable bonds is 5. The van der Waals surface area contributed by atoms with Gasteiger partial charge in [-0.1, -0.05) is 11.6 Å². The summed E-state index contributed by atoms with van der Waals surface area (Å²) in [5, 5.41) is 11.1. The van der Waals surface area contributed by atoms with Gasteiger partial charge in [0.15, 0.2) is 9.84 Å². The van der Waals surface area contributed by atoms with E-state index >= 15 is 0 Å². The number of benzene rings is 1. The number of hydrogen-bond acceptors (Lipinski definition) is 4. The molecule has 0 spiro atoms. The predicted octanol–water partition coefficient (Wildman–Crippen LogP) is 1.68. The largest absolute Gasteiger partial charge is 0.481 e. The number of carboxylic acid groups (broad SMARTS) is 1. The Kier molecular flexibility index (Phi) is 5.56. The zero-order chi connectivity index (χ0) is 16.2. The third-order valence-electron chi connectivity index (χ3n) is 2.59. The van der Waals surface area contributed by atoms with Crippen molar-refractivity contribution >= 4 is 39.1 Å². The molecular formula is C12H15ClN2O5S. The molecule has 1 aromatic carbocycles. The smallest absolute Gasteiger partial charge is 0.321 e. The van der Waals surface area contributed by atoms with E-state index in [-0.39, 0.29) is 28.6 Å². The van der Waals surface area contributed by atoms with Crippen LogP contribution in [-0.4, -0.2) is 50.3 Å². The summed E-state index contributed by atoms with van der Waals surface area (Å²) in [5.74, 6) is -1.01. The molecular weight excluding hydrogens is 320 g/mol. The van der Waals surface area contributed by atoms with E-state index in [4.69, 9.17) is 16.7 Å². The van der Waals surface area contributed by atoms with Crippen LogP contribution in [0.4, 0.5) is 10.5 Å². The predicted molar refractivity (Wildman–Crippen MR) is 78.5 cm³/mol. The van der Waals surface area contributed by atoms with Crippen molar-refractivity contribution < 1.29 is 23.1 Å². The van der Waals surface area contributed by atoms with Crippen LogP contribution in [0.2, 0.25) is 5.02 Å². The van der Waals surface area contributed by atoms with E-state index in [1.807, 2.05) is 0 Å². The summed E-state index contributed by atoms with van der Waals surface area (Å²) < 4.78 is 23.1. The second-order valence-electron chi connectivity index (χ2n) is 4.41. The average Bonchev–Trinajstić information content (AvgIpc) is 2.36. The van der Waals surface area contributed by atoms with Crippen molar-refractivity contribution in [1.82, 2.24) is 4.90 Å². The highest BCUT2D eigenvalue weighted by molar-refractivity contribution is 7.90. The molecule has 0 heterocycles. The number of aliphatic carboxylic acids is 1. The van der Waals surface area contributed by atoms with Crippen LogP contribution in [-0.2, 0) is 14.6 Å². The Bertz CT molecular complexity index is 660. The molecule has 0 fully saturated rings. The third kappa shape index (κ3) is 5.24. The number of carboxylic acids is 1. The van der Waals surface area contributed by atoms with Crippen molar-refractivity contribution in [3.8, 4) is 0 Å². The minimum Gasteiger partial charge on any atom is -0.481 e. The number of anilines is 1. The highest BCUT2D eigenvalue weighted by atomic mass is 35.5. The molecule has 0 saturated carbocycles. The molecule has 0 aliphatic carbocycles. The molecule has 0 saturated heterocycles. The van der Waals surface area contributed by atoms with Gasteiger partial charge in [-0.25, -0.2) is 13.2 Å². The molecule has 0 aliphatic heterocycles. The molecule has 0 unspecified atom stereocenters. The SMILES string of the molecule is CN(CCC(=O)O)C(=O)Nc1ccc(Cl)c(S(C)(=O)=O)c1. The number of amides is 2. The first-order valence-electron chi connectivity index (χ1n) is 5.85. The molecule has 116 valence electrons. The van der Waals surface area contributed by atoms with Gasteiger partial charge in [-0.3, -0.25) is 4.79 Å². The summed E-state index contributed by atoms with van der Waals surface area (Å²) in [6.07, 6.45) is 0.831. The zero-order valence-corrected chi connectivity index (χ0v) is 13.0. The topological polar surface area (TPSA) is 104 Å². The van der Waals surface area contributed by atoms with Crippen molar-refractivity contribution in [3.05, 3.63) is 23.2 Å². The van der Waals surface area contributed by atoms with Gasteiger partial charge in [0.25, 0.3) is 0 Å². The van der Waals surface area contributed by atoms with Crippen LogP contribution in [0.5, 0.6) is 0 Å². The molecule has 0 aliphatic rings. The fourth-order valence-corrected chi connectivity index (χ4v) is 2.75. The Labute approximate surface area is 127 Å². The molecule has 0 aromatic heterocycles. The van der Waals surface area contributed by atoms with E-state index in [9.17, 15) is 18.0 Å². The lowest BCUT2D eigenvalue weighted by molar-refractivity contribution is -0.137. The van der Waals surface area contributed by atoms with Crippen LogP contribution in [0.3, 0.4) is 0 Å². The number of carbonyl (C=O) groups excluding carboxylic acids is 1. The summed E-state index contributed by atoms with van der Waals surface area (Å²) in [6, 6.07) is 3.53. The first-order chi connectivity index (χ1) is 9.61. The van der Waals surface area contributed by atoms with Gasteiger partial charge in [0.2, 0.25) is 0 Å². The Morgan fingerprint density at radius 2 is 2.00 bits per heavy atom. The fraction of sp³-hybridized carbons (Fsp3) is 0.333. The molecule has 1 rings (SSSR count). The number of nitrogens with zero attached hydrogens (tertiary/aromatic N) is 1. The van der Waals surface area contributed by atoms with Gasteiger partial charge >= 0.3 is 12.0 Å². The molecule has 2 N–H and O–H groups in total. The van der Waals surface area contributed by atoms with Gasteiger partial charge in [0.1, 0.15) is 0 Å². The van der Waals surface area contributed by atoms with Crippen LogP contribution < -0.4 is 5.32 Å². The lowest BCUT2D eigenvalue weighted by Crippen LogP contribution is -2.33. The number of hydrogen-bond donors (Lipinski definition) is 2. The number of urea groups is 1. The molecule has 7 nitrogen and oxygen atoms in total. The van der Waals surface area contributed by atoms with Crippen molar-refractivity contribution in [2.75, 3.05) is 25.2 Å². The van der Waals surface area contributed by atoms with E-state index in [1.54, 1.807) is 0 Å². The van der Waals surface area contributed by atoms with Gasteiger partial charge < -0.3 is 15.3 Å². The second-order valence-corrected chi connectivity index (χ2v) is 6.80. The van der Waals surface area contributed by atoms with Crippen molar-refractivity contribution in [1.29, 1.82) is 0 Å². The van der Waals surface area contributed by atoms with E-state index in [0.717, 1.165) is 6.26 Å². The Hall–Kier alpha value is -1.80. The minimum atomic E-state index is -3.51. The van der Waals surface area contributed by atoms with Gasteiger partial charge in [-0.05, 0) is 18.2 Å². The quantitative estimate of drug-likeness (QED) is 0.852. The summed E-state index contributed by atoms with van der Waals surface area (Å²) in [5.41, 5.74) is 0.256. The summed E-state index contributed by atoms with van der Waals surface area (Å²) >= 11 is 5.80. The maximum Gasteiger partial charge on any atom is 0.321 e. The molecule has 0 radical (unpaired) electrons. The first kappa shape index (κ1) is 17.3. The van der Waals surface area contributed by atoms with Gasteiger partial charge in [-0.2, -0.15) is 0 Å². The third-order valence-corrected chi connectivity index (χ3v) is 4.17. The van der Waals surface area contributed by atoms with Crippen LogP contribution in [0.25, 0.3) is 0 Å². The van der Waals surface area contributed by atoms with E-state index in [2.05, 4.69) is 5.32 Å². The molecule has 0 atom stereocenters. The number of halogens is 1. The van der Waals surface area contributed by atoms with Crippen LogP contribution in [0.15, 0.2) is 23.1 Å². The van der Waals surface area contributed by atoms with Gasteiger partial charge in [0, 0.05) is 25.5 Å². The zero-order valence-electron chi connectivity index (χ0n) is 11.5. The number of nitrogens with one attached hydrogen (secondary N) is 1.